The second kappa shape index (κ2) is 8.68. The smallest absolute Gasteiger partial charge is 0.306 e. The van der Waals surface area contributed by atoms with Crippen LogP contribution in [0.3, 0.4) is 0 Å². The molecular weight excluding hydrogens is 342 g/mol. The van der Waals surface area contributed by atoms with Crippen molar-refractivity contribution in [1.29, 1.82) is 0 Å². The first-order valence-corrected chi connectivity index (χ1v) is 9.08. The van der Waals surface area contributed by atoms with E-state index in [1.54, 1.807) is 0 Å². The van der Waals surface area contributed by atoms with Crippen LogP contribution < -0.4 is 5.32 Å². The van der Waals surface area contributed by atoms with Crippen molar-refractivity contribution >= 4 is 21.9 Å². The Hall–Kier alpha value is -0.870. The molecule has 1 aromatic carbocycles. The highest BCUT2D eigenvalue weighted by molar-refractivity contribution is 9.10. The molecule has 0 aromatic heterocycles. The van der Waals surface area contributed by atoms with Crippen LogP contribution in [0.15, 0.2) is 28.7 Å². The van der Waals surface area contributed by atoms with Gasteiger partial charge in [-0.05, 0) is 62.3 Å². The molecule has 0 radical (unpaired) electrons. The van der Waals surface area contributed by atoms with Crippen molar-refractivity contribution in [3.8, 4) is 0 Å². The molecule has 0 saturated heterocycles. The number of carboxylic acids is 1. The third kappa shape index (κ3) is 5.40. The van der Waals surface area contributed by atoms with E-state index in [2.05, 4.69) is 52.4 Å². The quantitative estimate of drug-likeness (QED) is 0.757. The molecular formula is C18H26BrNO2. The van der Waals surface area contributed by atoms with Gasteiger partial charge in [-0.15, -0.1) is 0 Å². The van der Waals surface area contributed by atoms with Crippen molar-refractivity contribution < 1.29 is 9.90 Å². The first kappa shape index (κ1) is 17.5. The van der Waals surface area contributed by atoms with Crippen molar-refractivity contribution in [1.82, 2.24) is 5.32 Å². The molecule has 0 heterocycles. The molecule has 0 aliphatic heterocycles. The normalized spacial score (nSPS) is 23.2. The van der Waals surface area contributed by atoms with Gasteiger partial charge in [0.2, 0.25) is 0 Å². The average Bonchev–Trinajstić information content (AvgIpc) is 2.52. The predicted octanol–water partition coefficient (Wildman–Crippen LogP) is 4.25. The van der Waals surface area contributed by atoms with Crippen LogP contribution in [0.25, 0.3) is 0 Å². The Morgan fingerprint density at radius 3 is 2.68 bits per heavy atom. The van der Waals surface area contributed by atoms with E-state index >= 15 is 0 Å². The predicted molar refractivity (Wildman–Crippen MR) is 93.0 cm³/mol. The molecule has 3 nitrogen and oxygen atoms in total. The summed E-state index contributed by atoms with van der Waals surface area (Å²) in [5.41, 5.74) is 1.37. The highest BCUT2D eigenvalue weighted by Crippen LogP contribution is 2.25. The number of rotatable bonds is 7. The van der Waals surface area contributed by atoms with Crippen LogP contribution >= 0.6 is 15.9 Å². The van der Waals surface area contributed by atoms with Gasteiger partial charge in [0.05, 0.1) is 5.92 Å². The van der Waals surface area contributed by atoms with Crippen LogP contribution in [0.2, 0.25) is 0 Å². The number of hydrogen-bond donors (Lipinski definition) is 2. The second-order valence-electron chi connectivity index (χ2n) is 6.40. The number of nitrogens with one attached hydrogen (secondary N) is 1. The van der Waals surface area contributed by atoms with E-state index in [4.69, 9.17) is 5.11 Å². The van der Waals surface area contributed by atoms with Gasteiger partial charge < -0.3 is 10.4 Å². The summed E-state index contributed by atoms with van der Waals surface area (Å²) in [6.07, 6.45) is 5.86. The first-order valence-electron chi connectivity index (χ1n) is 8.29. The SMILES string of the molecule is CCC(CNC1CCC(C(=O)O)CC1)Cc1cccc(Br)c1. The Labute approximate surface area is 141 Å². The highest BCUT2D eigenvalue weighted by Gasteiger charge is 2.25. The Morgan fingerprint density at radius 1 is 1.36 bits per heavy atom. The summed E-state index contributed by atoms with van der Waals surface area (Å²) < 4.78 is 1.14. The molecule has 1 atom stereocenters. The third-order valence-corrected chi connectivity index (χ3v) is 5.26. The van der Waals surface area contributed by atoms with E-state index in [9.17, 15) is 4.79 Å². The summed E-state index contributed by atoms with van der Waals surface area (Å²) in [6.45, 7) is 3.26. The lowest BCUT2D eigenvalue weighted by Crippen LogP contribution is -2.37. The largest absolute Gasteiger partial charge is 0.481 e. The van der Waals surface area contributed by atoms with Gasteiger partial charge in [-0.25, -0.2) is 0 Å². The van der Waals surface area contributed by atoms with Gasteiger partial charge in [0.25, 0.3) is 0 Å². The summed E-state index contributed by atoms with van der Waals surface area (Å²) in [4.78, 5) is 11.0. The molecule has 0 bridgehead atoms. The van der Waals surface area contributed by atoms with Crippen LogP contribution in [-0.4, -0.2) is 23.7 Å². The van der Waals surface area contributed by atoms with Crippen LogP contribution in [0.4, 0.5) is 0 Å². The summed E-state index contributed by atoms with van der Waals surface area (Å²) in [7, 11) is 0. The zero-order valence-electron chi connectivity index (χ0n) is 13.2. The topological polar surface area (TPSA) is 49.3 Å². The molecule has 1 unspecified atom stereocenters. The molecule has 22 heavy (non-hydrogen) atoms. The van der Waals surface area contributed by atoms with Crippen molar-refractivity contribution in [2.24, 2.45) is 11.8 Å². The van der Waals surface area contributed by atoms with E-state index < -0.39 is 5.97 Å². The van der Waals surface area contributed by atoms with Crippen molar-refractivity contribution in [2.45, 2.75) is 51.5 Å². The number of carboxylic acid groups (broad SMARTS) is 1. The summed E-state index contributed by atoms with van der Waals surface area (Å²) in [5, 5.41) is 12.7. The Morgan fingerprint density at radius 2 is 2.09 bits per heavy atom. The van der Waals surface area contributed by atoms with E-state index in [1.807, 2.05) is 0 Å². The van der Waals surface area contributed by atoms with E-state index in [-0.39, 0.29) is 5.92 Å². The first-order chi connectivity index (χ1) is 10.6. The van der Waals surface area contributed by atoms with Crippen molar-refractivity contribution in [3.63, 3.8) is 0 Å². The monoisotopic (exact) mass is 367 g/mol. The third-order valence-electron chi connectivity index (χ3n) is 4.76. The maximum atomic E-state index is 11.0. The van der Waals surface area contributed by atoms with Gasteiger partial charge in [-0.2, -0.15) is 0 Å². The van der Waals surface area contributed by atoms with Crippen LogP contribution in [0.1, 0.15) is 44.6 Å². The maximum absolute atomic E-state index is 11.0. The highest BCUT2D eigenvalue weighted by atomic mass is 79.9. The number of carbonyl (C=O) groups is 1. The fourth-order valence-electron chi connectivity index (χ4n) is 3.24. The van der Waals surface area contributed by atoms with Crippen LogP contribution in [0.5, 0.6) is 0 Å². The Kier molecular flexibility index (Phi) is 6.90. The van der Waals surface area contributed by atoms with E-state index in [0.29, 0.717) is 12.0 Å². The maximum Gasteiger partial charge on any atom is 0.306 e. The molecule has 1 fully saturated rings. The minimum absolute atomic E-state index is 0.123. The molecule has 2 N–H and O–H groups in total. The van der Waals surface area contributed by atoms with Gasteiger partial charge in [0.15, 0.2) is 0 Å². The number of aliphatic carboxylic acids is 1. The fourth-order valence-corrected chi connectivity index (χ4v) is 3.68. The zero-order chi connectivity index (χ0) is 15.9. The molecule has 122 valence electrons. The number of benzene rings is 1. The van der Waals surface area contributed by atoms with E-state index in [1.165, 1.54) is 5.56 Å². The van der Waals surface area contributed by atoms with Gasteiger partial charge in [0.1, 0.15) is 0 Å². The lowest BCUT2D eigenvalue weighted by molar-refractivity contribution is -0.142. The van der Waals surface area contributed by atoms with Gasteiger partial charge in [-0.1, -0.05) is 41.4 Å². The van der Waals surface area contributed by atoms with Gasteiger partial charge in [-0.3, -0.25) is 4.79 Å². The molecule has 4 heteroatoms. The molecule has 1 aromatic rings. The van der Waals surface area contributed by atoms with Crippen LogP contribution in [-0.2, 0) is 11.2 Å². The van der Waals surface area contributed by atoms with Crippen molar-refractivity contribution in [3.05, 3.63) is 34.3 Å². The van der Waals surface area contributed by atoms with Gasteiger partial charge in [0, 0.05) is 10.5 Å². The zero-order valence-corrected chi connectivity index (χ0v) is 14.8. The van der Waals surface area contributed by atoms with Gasteiger partial charge >= 0.3 is 5.97 Å². The molecule has 1 aliphatic rings. The standard InChI is InChI=1S/C18H26BrNO2/c1-2-13(10-14-4-3-5-16(19)11-14)12-20-17-8-6-15(7-9-17)18(21)22/h3-5,11,13,15,17,20H,2,6-10,12H2,1H3,(H,21,22). The minimum Gasteiger partial charge on any atom is -0.481 e. The Bertz CT molecular complexity index is 484. The molecule has 2 rings (SSSR count). The summed E-state index contributed by atoms with van der Waals surface area (Å²) in [6, 6.07) is 9.02. The Balaban J connectivity index is 1.76. The lowest BCUT2D eigenvalue weighted by Gasteiger charge is -2.28. The molecule has 0 spiro atoms. The number of halogens is 1. The average molecular weight is 368 g/mol. The molecule has 1 aliphatic carbocycles. The second-order valence-corrected chi connectivity index (χ2v) is 7.32. The van der Waals surface area contributed by atoms with Crippen LogP contribution in [0, 0.1) is 11.8 Å². The summed E-state index contributed by atoms with van der Waals surface area (Å²) in [5.74, 6) is -0.118. The fraction of sp³-hybridized carbons (Fsp3) is 0.611. The summed E-state index contributed by atoms with van der Waals surface area (Å²) >= 11 is 3.53. The van der Waals surface area contributed by atoms with E-state index in [0.717, 1.165) is 49.5 Å². The molecule has 1 saturated carbocycles. The minimum atomic E-state index is -0.625. The number of hydrogen-bond acceptors (Lipinski definition) is 2. The lowest BCUT2D eigenvalue weighted by atomic mass is 9.85. The molecule has 0 amide bonds. The van der Waals surface area contributed by atoms with Crippen molar-refractivity contribution in [2.75, 3.05) is 6.54 Å².